The Hall–Kier alpha value is -1.51. The predicted molar refractivity (Wildman–Crippen MR) is 75.0 cm³/mol. The zero-order valence-electron chi connectivity index (χ0n) is 11.4. The molecule has 1 fully saturated rings. The van der Waals surface area contributed by atoms with Crippen molar-refractivity contribution in [1.29, 1.82) is 0 Å². The maximum absolute atomic E-state index is 12.2. The number of hydrogen-bond acceptors (Lipinski definition) is 2. The Morgan fingerprint density at radius 3 is 2.78 bits per heavy atom. The highest BCUT2D eigenvalue weighted by molar-refractivity contribution is 5.99. The molecule has 3 heteroatoms. The van der Waals surface area contributed by atoms with Crippen LogP contribution in [0.1, 0.15) is 42.1 Å². The van der Waals surface area contributed by atoms with Crippen molar-refractivity contribution >= 4 is 11.6 Å². The number of amides is 1. The third-order valence-electron chi connectivity index (χ3n) is 3.45. The molecule has 2 N–H and O–H groups in total. The molecular weight excluding hydrogens is 224 g/mol. The first-order valence-corrected chi connectivity index (χ1v) is 6.69. The molecule has 0 heterocycles. The Morgan fingerprint density at radius 2 is 2.17 bits per heavy atom. The molecule has 1 atom stereocenters. The highest BCUT2D eigenvalue weighted by Crippen LogP contribution is 2.33. The second kappa shape index (κ2) is 5.42. The van der Waals surface area contributed by atoms with Gasteiger partial charge in [0.15, 0.2) is 0 Å². The molecule has 0 radical (unpaired) electrons. The Bertz CT molecular complexity index is 438. The van der Waals surface area contributed by atoms with Gasteiger partial charge >= 0.3 is 0 Å². The fourth-order valence-electron chi connectivity index (χ4n) is 2.28. The van der Waals surface area contributed by atoms with E-state index in [-0.39, 0.29) is 11.9 Å². The lowest BCUT2D eigenvalue weighted by Crippen LogP contribution is -2.33. The van der Waals surface area contributed by atoms with Crippen molar-refractivity contribution in [3.63, 3.8) is 0 Å². The number of carbonyl (C=O) groups is 1. The maximum atomic E-state index is 12.2. The Labute approximate surface area is 109 Å². The molecule has 0 aliphatic heterocycles. The molecule has 1 unspecified atom stereocenters. The molecule has 1 aliphatic rings. The van der Waals surface area contributed by atoms with Gasteiger partial charge in [0.1, 0.15) is 0 Å². The molecule has 0 aromatic heterocycles. The summed E-state index contributed by atoms with van der Waals surface area (Å²) in [7, 11) is 1.85. The molecule has 1 saturated carbocycles. The van der Waals surface area contributed by atoms with E-state index in [2.05, 4.69) is 17.6 Å². The van der Waals surface area contributed by atoms with E-state index in [0.717, 1.165) is 29.2 Å². The molecule has 0 spiro atoms. The molecule has 1 aromatic rings. The Balaban J connectivity index is 2.02. The largest absolute Gasteiger partial charge is 0.387 e. The second-order valence-electron chi connectivity index (χ2n) is 5.35. The van der Waals surface area contributed by atoms with Crippen LogP contribution in [0.3, 0.4) is 0 Å². The van der Waals surface area contributed by atoms with Crippen molar-refractivity contribution in [2.75, 3.05) is 12.4 Å². The lowest BCUT2D eigenvalue weighted by Gasteiger charge is -2.15. The van der Waals surface area contributed by atoms with Crippen LogP contribution >= 0.6 is 0 Å². The minimum Gasteiger partial charge on any atom is -0.387 e. The first kappa shape index (κ1) is 12.9. The van der Waals surface area contributed by atoms with E-state index in [0.29, 0.717) is 0 Å². The van der Waals surface area contributed by atoms with Gasteiger partial charge in [0.05, 0.1) is 5.56 Å². The Kier molecular flexibility index (Phi) is 3.90. The molecule has 3 nitrogen and oxygen atoms in total. The molecule has 18 heavy (non-hydrogen) atoms. The lowest BCUT2D eigenvalue weighted by molar-refractivity contribution is 0.0938. The average molecular weight is 246 g/mol. The highest BCUT2D eigenvalue weighted by atomic mass is 16.1. The average Bonchev–Trinajstić information content (AvgIpc) is 3.12. The number of aryl methyl sites for hydroxylation is 1. The smallest absolute Gasteiger partial charge is 0.253 e. The van der Waals surface area contributed by atoms with Crippen molar-refractivity contribution < 1.29 is 4.79 Å². The number of rotatable bonds is 5. The number of anilines is 1. The highest BCUT2D eigenvalue weighted by Gasteiger charge is 2.24. The minimum absolute atomic E-state index is 0.0208. The van der Waals surface area contributed by atoms with Gasteiger partial charge < -0.3 is 10.6 Å². The van der Waals surface area contributed by atoms with E-state index in [9.17, 15) is 4.79 Å². The second-order valence-corrected chi connectivity index (χ2v) is 5.35. The number of benzene rings is 1. The van der Waals surface area contributed by atoms with Gasteiger partial charge in [0, 0.05) is 18.8 Å². The molecule has 1 aromatic carbocycles. The summed E-state index contributed by atoms with van der Waals surface area (Å²) in [6.07, 6.45) is 3.76. The summed E-state index contributed by atoms with van der Waals surface area (Å²) in [6, 6.07) is 6.12. The quantitative estimate of drug-likeness (QED) is 0.838. The first-order valence-electron chi connectivity index (χ1n) is 6.69. The zero-order chi connectivity index (χ0) is 13.1. The summed E-state index contributed by atoms with van der Waals surface area (Å²) < 4.78 is 0. The van der Waals surface area contributed by atoms with E-state index in [1.807, 2.05) is 32.2 Å². The van der Waals surface area contributed by atoms with Crippen molar-refractivity contribution in [3.8, 4) is 0 Å². The standard InChI is InChI=1S/C15H22N2O/c1-10-4-7-13(14(8-10)16-3)15(18)17-11(2)9-12-5-6-12/h4,7-8,11-12,16H,5-6,9H2,1-3H3,(H,17,18). The summed E-state index contributed by atoms with van der Waals surface area (Å²) in [5, 5.41) is 6.17. The SMILES string of the molecule is CNc1cc(C)ccc1C(=O)NC(C)CC1CC1. The fraction of sp³-hybridized carbons (Fsp3) is 0.533. The molecular formula is C15H22N2O. The van der Waals surface area contributed by atoms with E-state index in [4.69, 9.17) is 0 Å². The molecule has 0 bridgehead atoms. The van der Waals surface area contributed by atoms with Crippen LogP contribution < -0.4 is 10.6 Å². The normalized spacial score (nSPS) is 16.2. The van der Waals surface area contributed by atoms with Gasteiger partial charge in [-0.15, -0.1) is 0 Å². The van der Waals surface area contributed by atoms with Crippen molar-refractivity contribution in [2.24, 2.45) is 5.92 Å². The van der Waals surface area contributed by atoms with Crippen LogP contribution in [0.15, 0.2) is 18.2 Å². The molecule has 98 valence electrons. The minimum atomic E-state index is 0.0208. The van der Waals surface area contributed by atoms with Crippen LogP contribution in [-0.2, 0) is 0 Å². The summed E-state index contributed by atoms with van der Waals surface area (Å²) in [6.45, 7) is 4.11. The zero-order valence-corrected chi connectivity index (χ0v) is 11.4. The summed E-state index contributed by atoms with van der Waals surface area (Å²) in [4.78, 5) is 12.2. The van der Waals surface area contributed by atoms with Crippen LogP contribution in [0, 0.1) is 12.8 Å². The van der Waals surface area contributed by atoms with Crippen molar-refractivity contribution in [3.05, 3.63) is 29.3 Å². The number of nitrogens with one attached hydrogen (secondary N) is 2. The fourth-order valence-corrected chi connectivity index (χ4v) is 2.28. The van der Waals surface area contributed by atoms with Crippen LogP contribution in [0.5, 0.6) is 0 Å². The summed E-state index contributed by atoms with van der Waals surface area (Å²) in [5.41, 5.74) is 2.78. The predicted octanol–water partition coefficient (Wildman–Crippen LogP) is 2.96. The van der Waals surface area contributed by atoms with E-state index >= 15 is 0 Å². The molecule has 1 amide bonds. The van der Waals surface area contributed by atoms with Gasteiger partial charge in [-0.1, -0.05) is 18.9 Å². The topological polar surface area (TPSA) is 41.1 Å². The van der Waals surface area contributed by atoms with E-state index < -0.39 is 0 Å². The number of hydrogen-bond donors (Lipinski definition) is 2. The van der Waals surface area contributed by atoms with Crippen molar-refractivity contribution in [1.82, 2.24) is 5.32 Å². The van der Waals surface area contributed by atoms with Gasteiger partial charge in [-0.2, -0.15) is 0 Å². The van der Waals surface area contributed by atoms with Crippen LogP contribution in [0.2, 0.25) is 0 Å². The first-order chi connectivity index (χ1) is 8.60. The summed E-state index contributed by atoms with van der Waals surface area (Å²) >= 11 is 0. The summed E-state index contributed by atoms with van der Waals surface area (Å²) in [5.74, 6) is 0.856. The van der Waals surface area contributed by atoms with Gasteiger partial charge in [-0.05, 0) is 43.9 Å². The van der Waals surface area contributed by atoms with E-state index in [1.54, 1.807) is 0 Å². The Morgan fingerprint density at radius 1 is 1.44 bits per heavy atom. The van der Waals surface area contributed by atoms with Crippen LogP contribution in [-0.4, -0.2) is 19.0 Å². The van der Waals surface area contributed by atoms with Gasteiger partial charge in [-0.3, -0.25) is 4.79 Å². The number of carbonyl (C=O) groups excluding carboxylic acids is 1. The van der Waals surface area contributed by atoms with E-state index in [1.165, 1.54) is 12.8 Å². The molecule has 0 saturated heterocycles. The van der Waals surface area contributed by atoms with Gasteiger partial charge in [-0.25, -0.2) is 0 Å². The third-order valence-corrected chi connectivity index (χ3v) is 3.45. The molecule has 1 aliphatic carbocycles. The molecule has 2 rings (SSSR count). The monoisotopic (exact) mass is 246 g/mol. The van der Waals surface area contributed by atoms with Crippen LogP contribution in [0.4, 0.5) is 5.69 Å². The van der Waals surface area contributed by atoms with Gasteiger partial charge in [0.25, 0.3) is 5.91 Å². The van der Waals surface area contributed by atoms with Gasteiger partial charge in [0.2, 0.25) is 0 Å². The maximum Gasteiger partial charge on any atom is 0.253 e. The third kappa shape index (κ3) is 3.25. The lowest BCUT2D eigenvalue weighted by atomic mass is 10.1. The van der Waals surface area contributed by atoms with Crippen LogP contribution in [0.25, 0.3) is 0 Å². The van der Waals surface area contributed by atoms with Crippen molar-refractivity contribution in [2.45, 2.75) is 39.2 Å².